The monoisotopic (exact) mass is 291 g/mol. The smallest absolute Gasteiger partial charge is 0.270 e. The lowest BCUT2D eigenvalue weighted by molar-refractivity contribution is 0.0655. The predicted octanol–water partition coefficient (Wildman–Crippen LogP) is 2.22. The number of benzene rings is 1. The SMILES string of the molecule is CN1CCN(C(=O)c2cc3c(Cl)cccc3n2C)CC1. The summed E-state index contributed by atoms with van der Waals surface area (Å²) >= 11 is 6.21. The summed E-state index contributed by atoms with van der Waals surface area (Å²) in [5, 5.41) is 1.63. The maximum atomic E-state index is 12.7. The first-order valence-corrected chi connectivity index (χ1v) is 7.17. The van der Waals surface area contributed by atoms with Gasteiger partial charge in [0.25, 0.3) is 5.91 Å². The molecule has 0 aliphatic carbocycles. The third-order valence-electron chi connectivity index (χ3n) is 4.04. The molecule has 1 aromatic heterocycles. The van der Waals surface area contributed by atoms with Crippen LogP contribution in [-0.4, -0.2) is 53.5 Å². The van der Waals surface area contributed by atoms with E-state index in [-0.39, 0.29) is 5.91 Å². The Balaban J connectivity index is 1.96. The first kappa shape index (κ1) is 13.5. The van der Waals surface area contributed by atoms with E-state index in [1.54, 1.807) is 0 Å². The molecule has 1 aliphatic rings. The van der Waals surface area contributed by atoms with Crippen molar-refractivity contribution in [3.8, 4) is 0 Å². The quantitative estimate of drug-likeness (QED) is 0.806. The maximum Gasteiger partial charge on any atom is 0.270 e. The molecule has 0 unspecified atom stereocenters. The van der Waals surface area contributed by atoms with Gasteiger partial charge in [0.15, 0.2) is 0 Å². The number of rotatable bonds is 1. The molecule has 0 atom stereocenters. The summed E-state index contributed by atoms with van der Waals surface area (Å²) in [4.78, 5) is 16.8. The van der Waals surface area contributed by atoms with Crippen molar-refractivity contribution in [2.45, 2.75) is 0 Å². The van der Waals surface area contributed by atoms with Crippen molar-refractivity contribution >= 4 is 28.4 Å². The van der Waals surface area contributed by atoms with Crippen molar-refractivity contribution in [2.24, 2.45) is 7.05 Å². The zero-order valence-electron chi connectivity index (χ0n) is 11.8. The van der Waals surface area contributed by atoms with Crippen LogP contribution in [0.1, 0.15) is 10.5 Å². The molecule has 20 heavy (non-hydrogen) atoms. The van der Waals surface area contributed by atoms with Crippen molar-refractivity contribution in [3.63, 3.8) is 0 Å². The van der Waals surface area contributed by atoms with Gasteiger partial charge < -0.3 is 14.4 Å². The van der Waals surface area contributed by atoms with E-state index in [0.717, 1.165) is 37.1 Å². The van der Waals surface area contributed by atoms with Gasteiger partial charge in [-0.2, -0.15) is 0 Å². The Morgan fingerprint density at radius 2 is 1.85 bits per heavy atom. The number of nitrogens with zero attached hydrogens (tertiary/aromatic N) is 3. The minimum atomic E-state index is 0.0906. The lowest BCUT2D eigenvalue weighted by Crippen LogP contribution is -2.47. The van der Waals surface area contributed by atoms with Crippen molar-refractivity contribution < 1.29 is 4.79 Å². The number of aryl methyl sites for hydroxylation is 1. The molecule has 1 amide bonds. The third kappa shape index (κ3) is 2.19. The predicted molar refractivity (Wildman–Crippen MR) is 81.3 cm³/mol. The molecule has 0 N–H and O–H groups in total. The average Bonchev–Trinajstić information content (AvgIpc) is 2.78. The molecular weight excluding hydrogens is 274 g/mol. The molecule has 1 aliphatic heterocycles. The lowest BCUT2D eigenvalue weighted by Gasteiger charge is -2.32. The van der Waals surface area contributed by atoms with Crippen LogP contribution >= 0.6 is 11.6 Å². The summed E-state index contributed by atoms with van der Waals surface area (Å²) in [5.74, 6) is 0.0906. The van der Waals surface area contributed by atoms with Gasteiger partial charge in [-0.3, -0.25) is 4.79 Å². The Labute approximate surface area is 123 Å². The molecule has 4 nitrogen and oxygen atoms in total. The van der Waals surface area contributed by atoms with Gasteiger partial charge in [-0.1, -0.05) is 17.7 Å². The topological polar surface area (TPSA) is 28.5 Å². The van der Waals surface area contributed by atoms with Crippen molar-refractivity contribution in [3.05, 3.63) is 35.0 Å². The van der Waals surface area contributed by atoms with Gasteiger partial charge in [-0.05, 0) is 25.2 Å². The van der Waals surface area contributed by atoms with E-state index >= 15 is 0 Å². The van der Waals surface area contributed by atoms with Gasteiger partial charge in [-0.15, -0.1) is 0 Å². The van der Waals surface area contributed by atoms with Crippen LogP contribution in [0.3, 0.4) is 0 Å². The number of amides is 1. The van der Waals surface area contributed by atoms with E-state index in [9.17, 15) is 4.79 Å². The van der Waals surface area contributed by atoms with Gasteiger partial charge in [0, 0.05) is 49.2 Å². The standard InChI is InChI=1S/C15H18ClN3O/c1-17-6-8-19(9-7-17)15(20)14-10-11-12(16)4-3-5-13(11)18(14)2/h3-5,10H,6-9H2,1-2H3. The molecule has 106 valence electrons. The van der Waals surface area contributed by atoms with Crippen molar-refractivity contribution in [1.82, 2.24) is 14.4 Å². The molecule has 1 fully saturated rings. The second kappa shape index (κ2) is 5.11. The molecule has 2 heterocycles. The summed E-state index contributed by atoms with van der Waals surface area (Å²) in [6.45, 7) is 3.42. The highest BCUT2D eigenvalue weighted by molar-refractivity contribution is 6.35. The highest BCUT2D eigenvalue weighted by Crippen LogP contribution is 2.26. The van der Waals surface area contributed by atoms with Crippen LogP contribution in [0, 0.1) is 0 Å². The minimum absolute atomic E-state index is 0.0906. The van der Waals surface area contributed by atoms with Crippen LogP contribution in [0.4, 0.5) is 0 Å². The molecule has 0 spiro atoms. The number of piperazine rings is 1. The minimum Gasteiger partial charge on any atom is -0.340 e. The number of halogens is 1. The molecule has 5 heteroatoms. The van der Waals surface area contributed by atoms with Crippen LogP contribution in [0.5, 0.6) is 0 Å². The Morgan fingerprint density at radius 3 is 2.50 bits per heavy atom. The Bertz CT molecular complexity index is 656. The first-order valence-electron chi connectivity index (χ1n) is 6.79. The van der Waals surface area contributed by atoms with Gasteiger partial charge in [0.1, 0.15) is 5.69 Å². The number of hydrogen-bond donors (Lipinski definition) is 0. The van der Waals surface area contributed by atoms with Crippen LogP contribution in [-0.2, 0) is 7.05 Å². The number of carbonyl (C=O) groups excluding carboxylic acids is 1. The second-order valence-electron chi connectivity index (χ2n) is 5.36. The number of fused-ring (bicyclic) bond motifs is 1. The number of carbonyl (C=O) groups is 1. The first-order chi connectivity index (χ1) is 9.58. The normalized spacial score (nSPS) is 16.9. The van der Waals surface area contributed by atoms with E-state index in [0.29, 0.717) is 10.7 Å². The molecule has 0 saturated carbocycles. The molecule has 0 bridgehead atoms. The second-order valence-corrected chi connectivity index (χ2v) is 5.76. The van der Waals surface area contributed by atoms with Gasteiger partial charge in [0.05, 0.1) is 0 Å². The van der Waals surface area contributed by atoms with Crippen LogP contribution in [0.25, 0.3) is 10.9 Å². The van der Waals surface area contributed by atoms with Crippen LogP contribution in [0.15, 0.2) is 24.3 Å². The molecule has 1 aromatic carbocycles. The summed E-state index contributed by atoms with van der Waals surface area (Å²) < 4.78 is 1.93. The maximum absolute atomic E-state index is 12.7. The van der Waals surface area contributed by atoms with E-state index < -0.39 is 0 Å². The Morgan fingerprint density at radius 1 is 1.15 bits per heavy atom. The molecule has 2 aromatic rings. The zero-order valence-corrected chi connectivity index (χ0v) is 12.5. The van der Waals surface area contributed by atoms with Crippen molar-refractivity contribution in [1.29, 1.82) is 0 Å². The fourth-order valence-electron chi connectivity index (χ4n) is 2.70. The number of aromatic nitrogens is 1. The van der Waals surface area contributed by atoms with Gasteiger partial charge in [0.2, 0.25) is 0 Å². The lowest BCUT2D eigenvalue weighted by atomic mass is 10.2. The Hall–Kier alpha value is -1.52. The molecule has 0 radical (unpaired) electrons. The van der Waals surface area contributed by atoms with Crippen LogP contribution < -0.4 is 0 Å². The largest absolute Gasteiger partial charge is 0.340 e. The van der Waals surface area contributed by atoms with E-state index in [2.05, 4.69) is 11.9 Å². The fraction of sp³-hybridized carbons (Fsp3) is 0.400. The van der Waals surface area contributed by atoms with Crippen molar-refractivity contribution in [2.75, 3.05) is 33.2 Å². The molecular formula is C15H18ClN3O. The van der Waals surface area contributed by atoms with Gasteiger partial charge in [-0.25, -0.2) is 0 Å². The van der Waals surface area contributed by atoms with Crippen LogP contribution in [0.2, 0.25) is 5.02 Å². The highest BCUT2D eigenvalue weighted by Gasteiger charge is 2.23. The summed E-state index contributed by atoms with van der Waals surface area (Å²) in [7, 11) is 4.00. The third-order valence-corrected chi connectivity index (χ3v) is 4.37. The van der Waals surface area contributed by atoms with E-state index in [1.807, 2.05) is 40.8 Å². The number of likely N-dealkylation sites (N-methyl/N-ethyl adjacent to an activating group) is 1. The highest BCUT2D eigenvalue weighted by atomic mass is 35.5. The molecule has 3 rings (SSSR count). The summed E-state index contributed by atoms with van der Waals surface area (Å²) in [6, 6.07) is 7.66. The summed E-state index contributed by atoms with van der Waals surface area (Å²) in [5.41, 5.74) is 1.70. The molecule has 1 saturated heterocycles. The van der Waals surface area contributed by atoms with E-state index in [1.165, 1.54) is 0 Å². The Kier molecular flexibility index (Phi) is 3.44. The zero-order chi connectivity index (χ0) is 14.3. The number of hydrogen-bond acceptors (Lipinski definition) is 2. The summed E-state index contributed by atoms with van der Waals surface area (Å²) in [6.07, 6.45) is 0. The van der Waals surface area contributed by atoms with Gasteiger partial charge >= 0.3 is 0 Å². The average molecular weight is 292 g/mol. The fourth-order valence-corrected chi connectivity index (χ4v) is 2.93. The van der Waals surface area contributed by atoms with E-state index in [4.69, 9.17) is 11.6 Å².